The summed E-state index contributed by atoms with van der Waals surface area (Å²) >= 11 is 0. The second kappa shape index (κ2) is 7.35. The van der Waals surface area contributed by atoms with E-state index >= 15 is 0 Å². The quantitative estimate of drug-likeness (QED) is 0.794. The molecular formula is C20H26N4O4. The van der Waals surface area contributed by atoms with Gasteiger partial charge in [-0.05, 0) is 18.9 Å². The lowest BCUT2D eigenvalue weighted by molar-refractivity contribution is -0.0856. The number of fused-ring (bicyclic) bond motifs is 3. The molecule has 2 aromatic heterocycles. The molecule has 3 aliphatic rings. The first-order chi connectivity index (χ1) is 13.7. The summed E-state index contributed by atoms with van der Waals surface area (Å²) in [5, 5.41) is 11.0. The van der Waals surface area contributed by atoms with Crippen molar-refractivity contribution in [1.29, 1.82) is 0 Å². The minimum Gasteiger partial charge on any atom is -0.455 e. The molecule has 0 bridgehead atoms. The van der Waals surface area contributed by atoms with Crippen LogP contribution in [0.5, 0.6) is 0 Å². The fourth-order valence-electron chi connectivity index (χ4n) is 4.16. The highest BCUT2D eigenvalue weighted by Crippen LogP contribution is 2.38. The molecule has 2 fully saturated rings. The van der Waals surface area contributed by atoms with Crippen LogP contribution in [0, 0.1) is 12.8 Å². The lowest BCUT2D eigenvalue weighted by atomic mass is 9.93. The number of rotatable bonds is 5. The van der Waals surface area contributed by atoms with E-state index < -0.39 is 0 Å². The number of carbonyl (C=O) groups is 1. The molecule has 28 heavy (non-hydrogen) atoms. The van der Waals surface area contributed by atoms with Crippen molar-refractivity contribution >= 4 is 5.91 Å². The van der Waals surface area contributed by atoms with Gasteiger partial charge in [-0.2, -0.15) is 5.10 Å². The standard InChI is InChI=1S/C20H26N4O4/c1-12-17-16(28-19(12)20(25)22-8-15-11-26-4-5-27-15)3-2-14-10-24(23-18(14)17)9-13-6-21-7-13/h10,13,15,21H,2-9,11H2,1H3,(H,22,25)/t15-/m1/s1. The molecule has 2 aromatic rings. The van der Waals surface area contributed by atoms with Crippen molar-refractivity contribution < 1.29 is 18.7 Å². The van der Waals surface area contributed by atoms with Crippen LogP contribution in [0.15, 0.2) is 10.6 Å². The number of hydrogen-bond donors (Lipinski definition) is 2. The predicted molar refractivity (Wildman–Crippen MR) is 101 cm³/mol. The average Bonchev–Trinajstić information content (AvgIpc) is 3.24. The van der Waals surface area contributed by atoms with Gasteiger partial charge in [-0.25, -0.2) is 0 Å². The molecule has 0 spiro atoms. The normalized spacial score (nSPS) is 21.7. The molecule has 0 unspecified atom stereocenters. The van der Waals surface area contributed by atoms with E-state index in [4.69, 9.17) is 19.0 Å². The van der Waals surface area contributed by atoms with Crippen molar-refractivity contribution in [1.82, 2.24) is 20.4 Å². The molecule has 2 N–H and O–H groups in total. The Balaban J connectivity index is 1.34. The van der Waals surface area contributed by atoms with Crippen LogP contribution in [0.4, 0.5) is 0 Å². The summed E-state index contributed by atoms with van der Waals surface area (Å²) in [6.45, 7) is 7.09. The van der Waals surface area contributed by atoms with Crippen molar-refractivity contribution in [3.8, 4) is 11.3 Å². The van der Waals surface area contributed by atoms with Crippen LogP contribution in [-0.2, 0) is 28.9 Å². The smallest absolute Gasteiger partial charge is 0.287 e. The highest BCUT2D eigenvalue weighted by atomic mass is 16.6. The molecule has 5 rings (SSSR count). The molecule has 4 heterocycles. The van der Waals surface area contributed by atoms with Gasteiger partial charge < -0.3 is 24.5 Å². The molecule has 2 saturated heterocycles. The van der Waals surface area contributed by atoms with E-state index in [1.165, 1.54) is 5.56 Å². The van der Waals surface area contributed by atoms with Gasteiger partial charge in [0, 0.05) is 55.8 Å². The van der Waals surface area contributed by atoms with Crippen LogP contribution in [0.1, 0.15) is 27.4 Å². The van der Waals surface area contributed by atoms with Gasteiger partial charge in [0.05, 0.1) is 31.6 Å². The van der Waals surface area contributed by atoms with Crippen LogP contribution in [0.2, 0.25) is 0 Å². The largest absolute Gasteiger partial charge is 0.455 e. The Bertz CT molecular complexity index is 877. The zero-order chi connectivity index (χ0) is 19.1. The monoisotopic (exact) mass is 386 g/mol. The van der Waals surface area contributed by atoms with Crippen LogP contribution in [0.3, 0.4) is 0 Å². The predicted octanol–water partition coefficient (Wildman–Crippen LogP) is 0.915. The van der Waals surface area contributed by atoms with Gasteiger partial charge in [0.15, 0.2) is 5.76 Å². The molecule has 8 heteroatoms. The maximum Gasteiger partial charge on any atom is 0.287 e. The number of aromatic nitrogens is 2. The minimum atomic E-state index is -0.206. The second-order valence-electron chi connectivity index (χ2n) is 7.88. The summed E-state index contributed by atoms with van der Waals surface area (Å²) in [6.07, 6.45) is 3.74. The Labute approximate surface area is 163 Å². The van der Waals surface area contributed by atoms with Gasteiger partial charge in [-0.15, -0.1) is 0 Å². The molecule has 0 radical (unpaired) electrons. The minimum absolute atomic E-state index is 0.106. The molecule has 1 atom stereocenters. The molecule has 1 aliphatic carbocycles. The van der Waals surface area contributed by atoms with E-state index in [1.54, 1.807) is 0 Å². The SMILES string of the molecule is Cc1c(C(=O)NC[C@@H]2COCCO2)oc2c1-c1nn(CC3CNC3)cc1CC2. The first-order valence-electron chi connectivity index (χ1n) is 10.1. The van der Waals surface area contributed by atoms with Crippen molar-refractivity contribution in [2.75, 3.05) is 39.5 Å². The highest BCUT2D eigenvalue weighted by Gasteiger charge is 2.30. The number of furan rings is 1. The van der Waals surface area contributed by atoms with Gasteiger partial charge in [0.1, 0.15) is 5.76 Å². The van der Waals surface area contributed by atoms with Crippen molar-refractivity contribution in [2.45, 2.75) is 32.4 Å². The summed E-state index contributed by atoms with van der Waals surface area (Å²) in [4.78, 5) is 12.7. The Hall–Kier alpha value is -2.16. The second-order valence-corrected chi connectivity index (χ2v) is 7.88. The van der Waals surface area contributed by atoms with Gasteiger partial charge in [-0.1, -0.05) is 0 Å². The van der Waals surface area contributed by atoms with Gasteiger partial charge >= 0.3 is 0 Å². The van der Waals surface area contributed by atoms with Gasteiger partial charge in [-0.3, -0.25) is 9.48 Å². The van der Waals surface area contributed by atoms with E-state index in [2.05, 4.69) is 21.5 Å². The van der Waals surface area contributed by atoms with E-state index in [0.29, 0.717) is 38.0 Å². The zero-order valence-electron chi connectivity index (χ0n) is 16.1. The highest BCUT2D eigenvalue weighted by molar-refractivity contribution is 5.95. The molecular weight excluding hydrogens is 360 g/mol. The van der Waals surface area contributed by atoms with E-state index in [0.717, 1.165) is 55.1 Å². The maximum atomic E-state index is 12.7. The van der Waals surface area contributed by atoms with E-state index in [1.807, 2.05) is 6.92 Å². The number of nitrogens with one attached hydrogen (secondary N) is 2. The van der Waals surface area contributed by atoms with E-state index in [9.17, 15) is 4.79 Å². The van der Waals surface area contributed by atoms with Crippen molar-refractivity contribution in [2.24, 2.45) is 5.92 Å². The topological polar surface area (TPSA) is 90.6 Å². The first kappa shape index (κ1) is 17.9. The van der Waals surface area contributed by atoms with E-state index in [-0.39, 0.29) is 12.0 Å². The summed E-state index contributed by atoms with van der Waals surface area (Å²) in [5.41, 5.74) is 4.07. The molecule has 150 valence electrons. The average molecular weight is 386 g/mol. The summed E-state index contributed by atoms with van der Waals surface area (Å²) < 4.78 is 19.0. The first-order valence-corrected chi connectivity index (χ1v) is 10.1. The Kier molecular flexibility index (Phi) is 4.70. The third kappa shape index (κ3) is 3.25. The Morgan fingerprint density at radius 2 is 2.25 bits per heavy atom. The summed E-state index contributed by atoms with van der Waals surface area (Å²) in [5.74, 6) is 1.69. The zero-order valence-corrected chi connectivity index (χ0v) is 16.1. The molecule has 1 amide bonds. The van der Waals surface area contributed by atoms with Crippen LogP contribution < -0.4 is 10.6 Å². The van der Waals surface area contributed by atoms with Gasteiger partial charge in [0.2, 0.25) is 0 Å². The number of hydrogen-bond acceptors (Lipinski definition) is 6. The third-order valence-electron chi connectivity index (χ3n) is 5.81. The fraction of sp³-hybridized carbons (Fsp3) is 0.600. The summed E-state index contributed by atoms with van der Waals surface area (Å²) in [7, 11) is 0. The Morgan fingerprint density at radius 3 is 3.00 bits per heavy atom. The molecule has 0 saturated carbocycles. The lowest BCUT2D eigenvalue weighted by Crippen LogP contribution is -2.44. The molecule has 2 aliphatic heterocycles. The number of aryl methyl sites for hydroxylation is 2. The Morgan fingerprint density at radius 1 is 1.36 bits per heavy atom. The summed E-state index contributed by atoms with van der Waals surface area (Å²) in [6, 6.07) is 0. The lowest BCUT2D eigenvalue weighted by Gasteiger charge is -2.26. The molecule has 0 aromatic carbocycles. The maximum absolute atomic E-state index is 12.7. The van der Waals surface area contributed by atoms with Crippen LogP contribution in [-0.4, -0.2) is 61.2 Å². The molecule has 8 nitrogen and oxygen atoms in total. The van der Waals surface area contributed by atoms with Crippen molar-refractivity contribution in [3.05, 3.63) is 28.8 Å². The van der Waals surface area contributed by atoms with Gasteiger partial charge in [0.25, 0.3) is 5.91 Å². The van der Waals surface area contributed by atoms with Crippen molar-refractivity contribution in [3.63, 3.8) is 0 Å². The number of ether oxygens (including phenoxy) is 2. The third-order valence-corrected chi connectivity index (χ3v) is 5.81. The van der Waals surface area contributed by atoms with Crippen LogP contribution >= 0.6 is 0 Å². The number of carbonyl (C=O) groups excluding carboxylic acids is 1. The fourth-order valence-corrected chi connectivity index (χ4v) is 4.16. The van der Waals surface area contributed by atoms with Crippen LogP contribution in [0.25, 0.3) is 11.3 Å². The number of amides is 1. The number of nitrogens with zero attached hydrogens (tertiary/aromatic N) is 2.